The topological polar surface area (TPSA) is 26.3 Å². The van der Waals surface area contributed by atoms with Crippen molar-refractivity contribution in [3.05, 3.63) is 33.8 Å². The zero-order valence-electron chi connectivity index (χ0n) is 9.14. The van der Waals surface area contributed by atoms with Crippen LogP contribution in [0.15, 0.2) is 22.7 Å². The number of alkyl halides is 3. The Bertz CT molecular complexity index is 427. The maximum absolute atomic E-state index is 12.5. The van der Waals surface area contributed by atoms with Crippen molar-refractivity contribution in [2.45, 2.75) is 26.1 Å². The Hall–Kier alpha value is -1.04. The van der Waals surface area contributed by atoms with Crippen molar-refractivity contribution in [1.29, 1.82) is 0 Å². The highest BCUT2D eigenvalue weighted by Gasteiger charge is 2.31. The highest BCUT2D eigenvalue weighted by Crippen LogP contribution is 2.32. The molecule has 0 bridgehead atoms. The van der Waals surface area contributed by atoms with Crippen LogP contribution in [-0.2, 0) is 10.9 Å². The Balaban J connectivity index is 3.11. The fraction of sp³-hybridized carbons (Fsp3) is 0.364. The van der Waals surface area contributed by atoms with Crippen molar-refractivity contribution in [1.82, 2.24) is 0 Å². The summed E-state index contributed by atoms with van der Waals surface area (Å²) in [5, 5.41) is 0. The Morgan fingerprint density at radius 1 is 1.35 bits per heavy atom. The van der Waals surface area contributed by atoms with Gasteiger partial charge in [0, 0.05) is 4.47 Å². The zero-order chi connectivity index (χ0) is 13.2. The van der Waals surface area contributed by atoms with Gasteiger partial charge in [0.25, 0.3) is 0 Å². The third-order valence-corrected chi connectivity index (χ3v) is 2.55. The summed E-state index contributed by atoms with van der Waals surface area (Å²) >= 11 is 3.02. The third kappa shape index (κ3) is 3.73. The molecule has 0 heterocycles. The lowest BCUT2D eigenvalue weighted by Gasteiger charge is -2.12. The predicted octanol–water partition coefficient (Wildman–Crippen LogP) is 4.03. The lowest BCUT2D eigenvalue weighted by Crippen LogP contribution is -2.14. The van der Waals surface area contributed by atoms with Gasteiger partial charge in [0.05, 0.1) is 17.2 Å². The Morgan fingerprint density at radius 2 is 1.94 bits per heavy atom. The van der Waals surface area contributed by atoms with Crippen molar-refractivity contribution in [3.63, 3.8) is 0 Å². The quantitative estimate of drug-likeness (QED) is 0.771. The second kappa shape index (κ2) is 5.08. The normalized spacial score (nSPS) is 11.7. The molecule has 6 heteroatoms. The molecule has 0 fully saturated rings. The van der Waals surface area contributed by atoms with Crippen molar-refractivity contribution in [3.8, 4) is 0 Å². The molecule has 94 valence electrons. The number of carbonyl (C=O) groups is 1. The second-order valence-electron chi connectivity index (χ2n) is 3.65. The number of hydrogen-bond donors (Lipinski definition) is 0. The molecule has 0 spiro atoms. The predicted molar refractivity (Wildman–Crippen MR) is 59.7 cm³/mol. The molecule has 17 heavy (non-hydrogen) atoms. The van der Waals surface area contributed by atoms with E-state index in [9.17, 15) is 18.0 Å². The van der Waals surface area contributed by atoms with Crippen molar-refractivity contribution >= 4 is 21.9 Å². The molecular formula is C11H10BrF3O2. The highest BCUT2D eigenvalue weighted by atomic mass is 79.9. The van der Waals surface area contributed by atoms with Crippen molar-refractivity contribution in [2.75, 3.05) is 0 Å². The second-order valence-corrected chi connectivity index (χ2v) is 4.50. The largest absolute Gasteiger partial charge is 0.459 e. The van der Waals surface area contributed by atoms with Gasteiger partial charge in [-0.2, -0.15) is 13.2 Å². The average Bonchev–Trinajstić information content (AvgIpc) is 2.15. The molecule has 0 saturated heterocycles. The standard InChI is InChI=1S/C11H10BrF3O2/c1-6(2)17-10(16)8-5-7(11(13,14)15)3-4-9(8)12/h3-6H,1-2H3. The molecule has 0 radical (unpaired) electrons. The van der Waals surface area contributed by atoms with E-state index in [1.807, 2.05) is 0 Å². The number of rotatable bonds is 2. The van der Waals surface area contributed by atoms with E-state index in [1.165, 1.54) is 6.07 Å². The molecule has 0 amide bonds. The van der Waals surface area contributed by atoms with Gasteiger partial charge in [-0.05, 0) is 48.0 Å². The molecule has 2 nitrogen and oxygen atoms in total. The van der Waals surface area contributed by atoms with Crippen molar-refractivity contribution < 1.29 is 22.7 Å². The number of esters is 1. The van der Waals surface area contributed by atoms with E-state index in [0.717, 1.165) is 12.1 Å². The minimum Gasteiger partial charge on any atom is -0.459 e. The van der Waals surface area contributed by atoms with Gasteiger partial charge in [-0.15, -0.1) is 0 Å². The van der Waals surface area contributed by atoms with E-state index in [2.05, 4.69) is 15.9 Å². The smallest absolute Gasteiger partial charge is 0.416 e. The highest BCUT2D eigenvalue weighted by molar-refractivity contribution is 9.10. The van der Waals surface area contributed by atoms with Crippen LogP contribution in [0.2, 0.25) is 0 Å². The zero-order valence-corrected chi connectivity index (χ0v) is 10.7. The summed E-state index contributed by atoms with van der Waals surface area (Å²) in [6.07, 6.45) is -4.86. The number of ether oxygens (including phenoxy) is 1. The summed E-state index contributed by atoms with van der Waals surface area (Å²) in [5.74, 6) is -0.780. The van der Waals surface area contributed by atoms with E-state index < -0.39 is 17.7 Å². The van der Waals surface area contributed by atoms with E-state index in [4.69, 9.17) is 4.74 Å². The molecule has 0 N–H and O–H groups in total. The van der Waals surface area contributed by atoms with Crippen LogP contribution in [0.25, 0.3) is 0 Å². The van der Waals surface area contributed by atoms with Crippen LogP contribution in [0.4, 0.5) is 13.2 Å². The molecule has 1 rings (SSSR count). The summed E-state index contributed by atoms with van der Waals surface area (Å²) in [5.41, 5.74) is -1.01. The molecule has 0 saturated carbocycles. The summed E-state index contributed by atoms with van der Waals surface area (Å²) in [7, 11) is 0. The van der Waals surface area contributed by atoms with E-state index in [1.54, 1.807) is 13.8 Å². The van der Waals surface area contributed by atoms with Crippen LogP contribution in [-0.4, -0.2) is 12.1 Å². The van der Waals surface area contributed by atoms with Gasteiger partial charge in [0.2, 0.25) is 0 Å². The van der Waals surface area contributed by atoms with Gasteiger partial charge in [-0.25, -0.2) is 4.79 Å². The van der Waals surface area contributed by atoms with Gasteiger partial charge in [-0.3, -0.25) is 0 Å². The number of benzene rings is 1. The lowest BCUT2D eigenvalue weighted by molar-refractivity contribution is -0.137. The molecule has 0 aliphatic carbocycles. The summed E-state index contributed by atoms with van der Waals surface area (Å²) in [6, 6.07) is 2.85. The lowest BCUT2D eigenvalue weighted by atomic mass is 10.1. The average molecular weight is 311 g/mol. The first-order valence-electron chi connectivity index (χ1n) is 4.79. The minimum atomic E-state index is -4.48. The molecule has 0 aliphatic rings. The monoisotopic (exact) mass is 310 g/mol. The molecule has 0 aliphatic heterocycles. The van der Waals surface area contributed by atoms with Crippen LogP contribution in [0.3, 0.4) is 0 Å². The van der Waals surface area contributed by atoms with Crippen LogP contribution >= 0.6 is 15.9 Å². The fourth-order valence-electron chi connectivity index (χ4n) is 1.14. The van der Waals surface area contributed by atoms with Gasteiger partial charge in [0.15, 0.2) is 0 Å². The molecule has 1 aromatic carbocycles. The molecule has 1 aromatic rings. The van der Waals surface area contributed by atoms with Crippen LogP contribution in [0.5, 0.6) is 0 Å². The molecular weight excluding hydrogens is 301 g/mol. The summed E-state index contributed by atoms with van der Waals surface area (Å²) in [6.45, 7) is 3.25. The molecule has 0 aromatic heterocycles. The Kier molecular flexibility index (Phi) is 4.19. The summed E-state index contributed by atoms with van der Waals surface area (Å²) < 4.78 is 42.5. The molecule has 0 unspecified atom stereocenters. The van der Waals surface area contributed by atoms with Gasteiger partial charge in [-0.1, -0.05) is 0 Å². The maximum Gasteiger partial charge on any atom is 0.416 e. The maximum atomic E-state index is 12.5. The third-order valence-electron chi connectivity index (χ3n) is 1.86. The van der Waals surface area contributed by atoms with E-state index in [0.29, 0.717) is 0 Å². The van der Waals surface area contributed by atoms with Crippen LogP contribution in [0.1, 0.15) is 29.8 Å². The number of hydrogen-bond acceptors (Lipinski definition) is 2. The van der Waals surface area contributed by atoms with Crippen LogP contribution in [0, 0.1) is 0 Å². The fourth-order valence-corrected chi connectivity index (χ4v) is 1.54. The van der Waals surface area contributed by atoms with E-state index >= 15 is 0 Å². The first-order chi connectivity index (χ1) is 7.71. The minimum absolute atomic E-state index is 0.131. The first-order valence-corrected chi connectivity index (χ1v) is 5.59. The number of halogens is 4. The molecule has 0 atom stereocenters. The Morgan fingerprint density at radius 3 is 2.41 bits per heavy atom. The number of carbonyl (C=O) groups excluding carboxylic acids is 1. The van der Waals surface area contributed by atoms with Crippen LogP contribution < -0.4 is 0 Å². The van der Waals surface area contributed by atoms with E-state index in [-0.39, 0.29) is 16.1 Å². The van der Waals surface area contributed by atoms with Crippen molar-refractivity contribution in [2.24, 2.45) is 0 Å². The van der Waals surface area contributed by atoms with Gasteiger partial charge < -0.3 is 4.74 Å². The Labute approximate surface area is 105 Å². The SMILES string of the molecule is CC(C)OC(=O)c1cc(C(F)(F)F)ccc1Br. The summed E-state index contributed by atoms with van der Waals surface area (Å²) in [4.78, 5) is 11.5. The van der Waals surface area contributed by atoms with Gasteiger partial charge >= 0.3 is 12.1 Å². The van der Waals surface area contributed by atoms with Gasteiger partial charge in [0.1, 0.15) is 0 Å². The first kappa shape index (κ1) is 14.0.